The lowest BCUT2D eigenvalue weighted by Crippen LogP contribution is -2.34. The Bertz CT molecular complexity index is 868. The van der Waals surface area contributed by atoms with Crippen LogP contribution < -0.4 is 5.73 Å². The van der Waals surface area contributed by atoms with E-state index in [1.165, 1.54) is 83.5 Å². The summed E-state index contributed by atoms with van der Waals surface area (Å²) in [7, 11) is -4.61. The number of rotatable bonds is 36. The second kappa shape index (κ2) is 33.9. The lowest BCUT2D eigenvalue weighted by atomic mass is 10.1. The monoisotopic (exact) mass is 703 g/mol. The van der Waals surface area contributed by atoms with E-state index in [1.807, 2.05) is 0 Å². The number of hydrogen-bond donors (Lipinski definition) is 3. The first-order valence-electron chi connectivity index (χ1n) is 18.9. The number of carboxylic acids is 1. The van der Waals surface area contributed by atoms with Gasteiger partial charge in [0.05, 0.1) is 19.8 Å². The largest absolute Gasteiger partial charge is 0.480 e. The lowest BCUT2D eigenvalue weighted by Gasteiger charge is -2.20. The molecule has 0 aromatic rings. The molecule has 48 heavy (non-hydrogen) atoms. The van der Waals surface area contributed by atoms with Crippen molar-refractivity contribution >= 4 is 19.8 Å². The Morgan fingerprint density at radius 2 is 1.15 bits per heavy atom. The number of unbranched alkanes of at least 4 members (excludes halogenated alkanes) is 18. The predicted octanol–water partition coefficient (Wildman–Crippen LogP) is 9.58. The lowest BCUT2D eigenvalue weighted by molar-refractivity contribution is -0.154. The van der Waals surface area contributed by atoms with Crippen LogP contribution in [0, 0.1) is 0 Å². The molecule has 3 atom stereocenters. The van der Waals surface area contributed by atoms with Gasteiger partial charge in [0.1, 0.15) is 12.1 Å². The van der Waals surface area contributed by atoms with Crippen molar-refractivity contribution in [3.63, 3.8) is 0 Å². The van der Waals surface area contributed by atoms with Gasteiger partial charge in [0.2, 0.25) is 0 Å². The topological polar surface area (TPSA) is 155 Å². The fourth-order valence-electron chi connectivity index (χ4n) is 4.99. The maximum atomic E-state index is 12.5. The van der Waals surface area contributed by atoms with Gasteiger partial charge in [0, 0.05) is 13.0 Å². The molecule has 282 valence electrons. The molecule has 0 fully saturated rings. The van der Waals surface area contributed by atoms with Crippen LogP contribution in [0.3, 0.4) is 0 Å². The highest BCUT2D eigenvalue weighted by molar-refractivity contribution is 7.47. The van der Waals surface area contributed by atoms with Gasteiger partial charge >= 0.3 is 19.8 Å². The van der Waals surface area contributed by atoms with E-state index in [-0.39, 0.29) is 13.0 Å². The third kappa shape index (κ3) is 33.0. The van der Waals surface area contributed by atoms with E-state index in [1.54, 1.807) is 0 Å². The van der Waals surface area contributed by atoms with Crippen LogP contribution in [0.5, 0.6) is 0 Å². The van der Waals surface area contributed by atoms with E-state index in [0.29, 0.717) is 13.0 Å². The molecule has 3 unspecified atom stereocenters. The highest BCUT2D eigenvalue weighted by atomic mass is 31.2. The molecule has 0 saturated carbocycles. The number of nitrogens with two attached hydrogens (primary N) is 1. The number of phosphoric acid groups is 1. The van der Waals surface area contributed by atoms with Crippen LogP contribution in [0.2, 0.25) is 0 Å². The predicted molar refractivity (Wildman–Crippen MR) is 194 cm³/mol. The van der Waals surface area contributed by atoms with Crippen LogP contribution in [0.15, 0.2) is 24.3 Å². The van der Waals surface area contributed by atoms with E-state index < -0.39 is 45.1 Å². The number of ether oxygens (including phenoxy) is 2. The molecule has 0 spiro atoms. The number of hydrogen-bond acceptors (Lipinski definition) is 8. The van der Waals surface area contributed by atoms with Crippen molar-refractivity contribution < 1.29 is 42.7 Å². The zero-order valence-electron chi connectivity index (χ0n) is 30.3. The molecule has 0 heterocycles. The molecule has 11 heteroatoms. The smallest absolute Gasteiger partial charge is 0.472 e. The third-order valence-electron chi connectivity index (χ3n) is 7.98. The van der Waals surface area contributed by atoms with Gasteiger partial charge in [-0.1, -0.05) is 134 Å². The summed E-state index contributed by atoms with van der Waals surface area (Å²) in [5.41, 5.74) is 5.33. The summed E-state index contributed by atoms with van der Waals surface area (Å²) in [6, 6.07) is -1.47. The summed E-state index contributed by atoms with van der Waals surface area (Å²) < 4.78 is 33.1. The van der Waals surface area contributed by atoms with E-state index in [9.17, 15) is 19.0 Å². The van der Waals surface area contributed by atoms with Gasteiger partial charge in [0.15, 0.2) is 0 Å². The molecule has 0 aliphatic heterocycles. The number of aliphatic carboxylic acids is 1. The van der Waals surface area contributed by atoms with E-state index >= 15 is 0 Å². The van der Waals surface area contributed by atoms with Crippen molar-refractivity contribution in [2.45, 2.75) is 174 Å². The summed E-state index contributed by atoms with van der Waals surface area (Å²) >= 11 is 0. The Morgan fingerprint density at radius 1 is 0.667 bits per heavy atom. The number of esters is 1. The van der Waals surface area contributed by atoms with Crippen LogP contribution in [0.25, 0.3) is 0 Å². The second-order valence-corrected chi connectivity index (χ2v) is 14.2. The van der Waals surface area contributed by atoms with E-state index in [4.69, 9.17) is 24.8 Å². The van der Waals surface area contributed by atoms with Crippen molar-refractivity contribution in [2.24, 2.45) is 5.73 Å². The number of carbonyl (C=O) groups is 2. The maximum Gasteiger partial charge on any atom is 0.472 e. The molecular formula is C37H70NO9P. The van der Waals surface area contributed by atoms with E-state index in [2.05, 4.69) is 42.7 Å². The molecule has 0 aromatic heterocycles. The molecule has 0 aliphatic carbocycles. The van der Waals surface area contributed by atoms with Gasteiger partial charge in [-0.2, -0.15) is 0 Å². The van der Waals surface area contributed by atoms with E-state index in [0.717, 1.165) is 51.4 Å². The van der Waals surface area contributed by atoms with Gasteiger partial charge in [-0.05, 0) is 44.9 Å². The van der Waals surface area contributed by atoms with Crippen molar-refractivity contribution in [3.05, 3.63) is 24.3 Å². The third-order valence-corrected chi connectivity index (χ3v) is 8.93. The summed E-state index contributed by atoms with van der Waals surface area (Å²) in [5.74, 6) is -1.78. The molecule has 10 nitrogen and oxygen atoms in total. The zero-order chi connectivity index (χ0) is 35.6. The molecule has 0 radical (unpaired) electrons. The van der Waals surface area contributed by atoms with Crippen molar-refractivity contribution in [1.29, 1.82) is 0 Å². The van der Waals surface area contributed by atoms with Crippen LogP contribution >= 0.6 is 7.82 Å². The van der Waals surface area contributed by atoms with Gasteiger partial charge in [-0.3, -0.25) is 18.6 Å². The van der Waals surface area contributed by atoms with Crippen molar-refractivity contribution in [2.75, 3.05) is 26.4 Å². The first-order valence-corrected chi connectivity index (χ1v) is 20.4. The molecule has 0 aromatic carbocycles. The van der Waals surface area contributed by atoms with Crippen LogP contribution in [0.1, 0.15) is 162 Å². The van der Waals surface area contributed by atoms with Crippen molar-refractivity contribution in [1.82, 2.24) is 0 Å². The van der Waals surface area contributed by atoms with Gasteiger partial charge in [-0.25, -0.2) is 4.57 Å². The highest BCUT2D eigenvalue weighted by Crippen LogP contribution is 2.43. The average molecular weight is 704 g/mol. The molecule has 0 saturated heterocycles. The fourth-order valence-corrected chi connectivity index (χ4v) is 5.76. The minimum absolute atomic E-state index is 0.0126. The number of phosphoric ester groups is 1. The number of carboxylic acid groups (broad SMARTS) is 1. The average Bonchev–Trinajstić information content (AvgIpc) is 3.06. The first-order chi connectivity index (χ1) is 23.2. The second-order valence-electron chi connectivity index (χ2n) is 12.7. The van der Waals surface area contributed by atoms with Gasteiger partial charge in [-0.15, -0.1) is 0 Å². The molecule has 0 rings (SSSR count). The number of allylic oxidation sites excluding steroid dienone is 4. The summed E-state index contributed by atoms with van der Waals surface area (Å²) in [4.78, 5) is 33.3. The Hall–Kier alpha value is -1.55. The Labute approximate surface area is 292 Å². The van der Waals surface area contributed by atoms with Gasteiger partial charge in [0.25, 0.3) is 0 Å². The van der Waals surface area contributed by atoms with Crippen LogP contribution in [0.4, 0.5) is 0 Å². The first kappa shape index (κ1) is 46.5. The van der Waals surface area contributed by atoms with Gasteiger partial charge < -0.3 is 25.2 Å². The standard InChI is InChI=1S/C37H70NO9P/c1-3-5-7-9-11-13-15-16-17-18-19-20-22-24-26-28-30-44-31-34(32-45-48(42,43)46-33-35(38)37(40)41)47-36(39)29-27-25-23-21-14-12-10-8-6-4-2/h11,13,16-17,34-35H,3-10,12,14-15,18-33,38H2,1-2H3,(H,40,41)(H,42,43)/b13-11-,17-16-. The molecular weight excluding hydrogens is 633 g/mol. The Balaban J connectivity index is 4.29. The Kier molecular flexibility index (Phi) is 32.8. The molecule has 0 aliphatic rings. The molecule has 0 bridgehead atoms. The minimum atomic E-state index is -4.61. The maximum absolute atomic E-state index is 12.5. The summed E-state index contributed by atoms with van der Waals surface area (Å²) in [6.45, 7) is 3.80. The normalized spacial score (nSPS) is 14.4. The quantitative estimate of drug-likeness (QED) is 0.0249. The van der Waals surface area contributed by atoms with Crippen molar-refractivity contribution in [3.8, 4) is 0 Å². The van der Waals surface area contributed by atoms with Crippen LogP contribution in [-0.4, -0.2) is 60.5 Å². The molecule has 4 N–H and O–H groups in total. The summed E-state index contributed by atoms with van der Waals surface area (Å²) in [5, 5.41) is 8.85. The number of carbonyl (C=O) groups excluding carboxylic acids is 1. The minimum Gasteiger partial charge on any atom is -0.480 e. The van der Waals surface area contributed by atoms with Crippen LogP contribution in [-0.2, 0) is 32.7 Å². The highest BCUT2D eigenvalue weighted by Gasteiger charge is 2.27. The fraction of sp³-hybridized carbons (Fsp3) is 0.838. The summed E-state index contributed by atoms with van der Waals surface area (Å²) in [6.07, 6.45) is 33.7. The zero-order valence-corrected chi connectivity index (χ0v) is 31.2. The SMILES string of the molecule is CCCCC/C=C\C/C=C\CCCCCCCCOCC(COP(=O)(O)OCC(N)C(=O)O)OC(=O)CCCCCCCCCCCC. The Morgan fingerprint density at radius 3 is 1.73 bits per heavy atom. The molecule has 0 amide bonds.